The number of aryl methyl sites for hydroxylation is 1. The highest BCUT2D eigenvalue weighted by atomic mass is 35.5. The molecule has 0 saturated heterocycles. The fourth-order valence-corrected chi connectivity index (χ4v) is 3.56. The number of rotatable bonds is 5. The molecule has 7 nitrogen and oxygen atoms in total. The Morgan fingerprint density at radius 2 is 1.93 bits per heavy atom. The first-order valence-corrected chi connectivity index (χ1v) is 9.59. The number of nitrogens with one attached hydrogen (secondary N) is 1. The lowest BCUT2D eigenvalue weighted by molar-refractivity contribution is 0.102. The van der Waals surface area contributed by atoms with E-state index in [0.29, 0.717) is 16.3 Å². The first kappa shape index (κ1) is 21.0. The minimum Gasteiger partial charge on any atom is -0.285 e. The zero-order valence-corrected chi connectivity index (χ0v) is 17.5. The van der Waals surface area contributed by atoms with Gasteiger partial charge in [0.2, 0.25) is 5.78 Å². The molecule has 0 atom stereocenters. The second-order valence-corrected chi connectivity index (χ2v) is 7.71. The van der Waals surface area contributed by atoms with Crippen LogP contribution in [0.5, 0.6) is 0 Å². The Balaban J connectivity index is 2.28. The lowest BCUT2D eigenvalue weighted by atomic mass is 9.98. The molecule has 0 aliphatic heterocycles. The van der Waals surface area contributed by atoms with Crippen LogP contribution in [0.25, 0.3) is 0 Å². The molecule has 3 aromatic rings. The molecule has 1 N–H and O–H groups in total. The molecule has 3 heterocycles. The molecule has 0 radical (unpaired) electrons. The molecule has 0 saturated carbocycles. The van der Waals surface area contributed by atoms with Gasteiger partial charge in [0, 0.05) is 22.5 Å². The largest absolute Gasteiger partial charge is 0.329 e. The van der Waals surface area contributed by atoms with Gasteiger partial charge in [0.05, 0.1) is 6.54 Å². The van der Waals surface area contributed by atoms with E-state index in [1.165, 1.54) is 16.8 Å². The number of hydrogen-bond donors (Lipinski definition) is 1. The Kier molecular flexibility index (Phi) is 6.00. The monoisotopic (exact) mass is 432 g/mol. The van der Waals surface area contributed by atoms with Gasteiger partial charge < -0.3 is 0 Å². The number of pyridine rings is 2. The van der Waals surface area contributed by atoms with E-state index in [1.54, 1.807) is 39.0 Å². The highest BCUT2D eigenvalue weighted by molar-refractivity contribution is 6.31. The Labute approximate surface area is 176 Å². The van der Waals surface area contributed by atoms with Crippen LogP contribution in [-0.2, 0) is 6.54 Å². The summed E-state index contributed by atoms with van der Waals surface area (Å²) in [5, 5.41) is 0.593. The van der Waals surface area contributed by atoms with E-state index in [-0.39, 0.29) is 34.6 Å². The van der Waals surface area contributed by atoms with Crippen molar-refractivity contribution in [1.82, 2.24) is 19.5 Å². The number of carbonyl (C=O) groups is 1. The molecule has 0 spiro atoms. The van der Waals surface area contributed by atoms with Crippen molar-refractivity contribution >= 4 is 29.0 Å². The smallest absolute Gasteiger partial charge is 0.285 e. The van der Waals surface area contributed by atoms with Crippen LogP contribution in [-0.4, -0.2) is 25.3 Å². The molecular weight excluding hydrogens is 415 g/mol. The maximum absolute atomic E-state index is 13.4. The van der Waals surface area contributed by atoms with Crippen molar-refractivity contribution in [2.75, 3.05) is 0 Å². The van der Waals surface area contributed by atoms with Crippen molar-refractivity contribution in [3.05, 3.63) is 89.7 Å². The number of carbonyl (C=O) groups excluding carboxylic acids is 1. The predicted molar refractivity (Wildman–Crippen MR) is 111 cm³/mol. The fraction of sp³-hybridized carbons (Fsp3) is 0.250. The topological polar surface area (TPSA) is 97.7 Å². The summed E-state index contributed by atoms with van der Waals surface area (Å²) in [6.07, 6.45) is 1.50. The fourth-order valence-electron chi connectivity index (χ4n) is 3.11. The Hall–Kier alpha value is -2.77. The summed E-state index contributed by atoms with van der Waals surface area (Å²) in [7, 11) is 0. The van der Waals surface area contributed by atoms with Crippen molar-refractivity contribution < 1.29 is 4.79 Å². The van der Waals surface area contributed by atoms with Crippen molar-refractivity contribution in [2.45, 2.75) is 33.2 Å². The molecule has 0 unspecified atom stereocenters. The molecule has 0 fully saturated rings. The van der Waals surface area contributed by atoms with Crippen LogP contribution in [0, 0.1) is 6.92 Å². The minimum absolute atomic E-state index is 0.0177. The predicted octanol–water partition coefficient (Wildman–Crippen LogP) is 3.34. The summed E-state index contributed by atoms with van der Waals surface area (Å²) in [6.45, 7) is 5.28. The Morgan fingerprint density at radius 3 is 2.55 bits per heavy atom. The van der Waals surface area contributed by atoms with E-state index < -0.39 is 17.0 Å². The van der Waals surface area contributed by atoms with E-state index in [1.807, 2.05) is 0 Å². The molecule has 3 aromatic heterocycles. The van der Waals surface area contributed by atoms with Crippen LogP contribution < -0.4 is 11.2 Å². The third-order valence-electron chi connectivity index (χ3n) is 4.31. The SMILES string of the molecule is Cc1cc(Cl)cc(C(=O)c2c(C(C)C)c(=O)[nH]c(=O)n2Cc2ccnc(Cl)c2)n1. The summed E-state index contributed by atoms with van der Waals surface area (Å²) in [5.74, 6) is -0.867. The van der Waals surface area contributed by atoms with Gasteiger partial charge in [-0.15, -0.1) is 0 Å². The van der Waals surface area contributed by atoms with E-state index in [4.69, 9.17) is 23.2 Å². The second kappa shape index (κ2) is 8.31. The van der Waals surface area contributed by atoms with Crippen LogP contribution in [0.1, 0.15) is 52.8 Å². The molecule has 29 heavy (non-hydrogen) atoms. The van der Waals surface area contributed by atoms with Crippen molar-refractivity contribution in [3.8, 4) is 0 Å². The average molecular weight is 433 g/mol. The summed E-state index contributed by atoms with van der Waals surface area (Å²) < 4.78 is 1.22. The van der Waals surface area contributed by atoms with Gasteiger partial charge in [0.1, 0.15) is 16.5 Å². The van der Waals surface area contributed by atoms with Gasteiger partial charge in [-0.05, 0) is 42.7 Å². The van der Waals surface area contributed by atoms with E-state index in [9.17, 15) is 14.4 Å². The molecule has 150 valence electrons. The third kappa shape index (κ3) is 4.46. The number of nitrogens with zero attached hydrogens (tertiary/aromatic N) is 3. The van der Waals surface area contributed by atoms with Gasteiger partial charge in [0.15, 0.2) is 0 Å². The minimum atomic E-state index is -0.700. The summed E-state index contributed by atoms with van der Waals surface area (Å²) in [6, 6.07) is 6.30. The lowest BCUT2D eigenvalue weighted by Gasteiger charge is -2.17. The quantitative estimate of drug-likeness (QED) is 0.492. The number of H-pyrrole nitrogens is 1. The molecule has 0 aliphatic rings. The summed E-state index contributed by atoms with van der Waals surface area (Å²) in [4.78, 5) is 49.0. The normalized spacial score (nSPS) is 11.1. The summed E-state index contributed by atoms with van der Waals surface area (Å²) in [5.41, 5.74) is 0.142. The van der Waals surface area contributed by atoms with Crippen LogP contribution in [0.15, 0.2) is 40.1 Å². The van der Waals surface area contributed by atoms with Crippen molar-refractivity contribution in [2.24, 2.45) is 0 Å². The van der Waals surface area contributed by atoms with Gasteiger partial charge in [-0.3, -0.25) is 19.1 Å². The molecule has 9 heteroatoms. The van der Waals surface area contributed by atoms with Gasteiger partial charge in [0.25, 0.3) is 5.56 Å². The van der Waals surface area contributed by atoms with Crippen molar-refractivity contribution in [1.29, 1.82) is 0 Å². The van der Waals surface area contributed by atoms with Gasteiger partial charge in [-0.1, -0.05) is 37.0 Å². The standard InChI is InChI=1S/C20H18Cl2N4O3/c1-10(2)16-17(18(27)14-8-13(21)6-11(3)24-14)26(20(29)25-19(16)28)9-12-4-5-23-15(22)7-12/h4-8,10H,9H2,1-3H3,(H,25,28,29). The highest BCUT2D eigenvalue weighted by Gasteiger charge is 2.25. The molecular formula is C20H18Cl2N4O3. The number of halogens is 2. The molecule has 3 rings (SSSR count). The maximum Gasteiger partial charge on any atom is 0.329 e. The van der Waals surface area contributed by atoms with Gasteiger partial charge in [-0.25, -0.2) is 14.8 Å². The van der Waals surface area contributed by atoms with Crippen molar-refractivity contribution in [3.63, 3.8) is 0 Å². The van der Waals surface area contributed by atoms with Crippen LogP contribution in [0.3, 0.4) is 0 Å². The van der Waals surface area contributed by atoms with E-state index >= 15 is 0 Å². The zero-order chi connectivity index (χ0) is 21.3. The molecule has 0 aromatic carbocycles. The molecule has 0 aliphatic carbocycles. The number of hydrogen-bond acceptors (Lipinski definition) is 5. The maximum atomic E-state index is 13.4. The first-order valence-electron chi connectivity index (χ1n) is 8.83. The molecule has 0 bridgehead atoms. The molecule has 0 amide bonds. The lowest BCUT2D eigenvalue weighted by Crippen LogP contribution is -2.38. The second-order valence-electron chi connectivity index (χ2n) is 6.89. The number of ketones is 1. The van der Waals surface area contributed by atoms with Gasteiger partial charge in [-0.2, -0.15) is 0 Å². The number of aromatic amines is 1. The van der Waals surface area contributed by atoms with Crippen LogP contribution in [0.4, 0.5) is 0 Å². The first-order chi connectivity index (χ1) is 13.7. The third-order valence-corrected chi connectivity index (χ3v) is 4.74. The van der Waals surface area contributed by atoms with E-state index in [2.05, 4.69) is 15.0 Å². The van der Waals surface area contributed by atoms with E-state index in [0.717, 1.165) is 0 Å². The zero-order valence-electron chi connectivity index (χ0n) is 16.0. The Bertz CT molecular complexity index is 1190. The average Bonchev–Trinajstić information content (AvgIpc) is 2.62. The summed E-state index contributed by atoms with van der Waals surface area (Å²) >= 11 is 12.0. The number of aromatic nitrogens is 4. The Morgan fingerprint density at radius 1 is 1.21 bits per heavy atom. The highest BCUT2D eigenvalue weighted by Crippen LogP contribution is 2.20. The van der Waals surface area contributed by atoms with Crippen LogP contribution in [0.2, 0.25) is 10.2 Å². The van der Waals surface area contributed by atoms with Gasteiger partial charge >= 0.3 is 5.69 Å². The van der Waals surface area contributed by atoms with Crippen LogP contribution >= 0.6 is 23.2 Å².